The number of aryl methyl sites for hydroxylation is 1. The average Bonchev–Trinajstić information content (AvgIpc) is 3.49. The summed E-state index contributed by atoms with van der Waals surface area (Å²) in [4.78, 5) is 68.2. The van der Waals surface area contributed by atoms with Crippen LogP contribution in [0.15, 0.2) is 36.5 Å². The van der Waals surface area contributed by atoms with Crippen LogP contribution in [-0.2, 0) is 32.6 Å². The van der Waals surface area contributed by atoms with Crippen molar-refractivity contribution in [2.75, 3.05) is 31.5 Å². The smallest absolute Gasteiger partial charge is 0.410 e. The van der Waals surface area contributed by atoms with Crippen LogP contribution in [0, 0.1) is 5.92 Å². The first kappa shape index (κ1) is 35.4. The summed E-state index contributed by atoms with van der Waals surface area (Å²) in [5.74, 6) is -1.05. The van der Waals surface area contributed by atoms with Crippen LogP contribution in [0.25, 0.3) is 0 Å². The van der Waals surface area contributed by atoms with Crippen LogP contribution in [0.2, 0.25) is 0 Å². The van der Waals surface area contributed by atoms with Crippen molar-refractivity contribution in [2.24, 2.45) is 13.0 Å². The Bertz CT molecular complexity index is 1400. The third-order valence-electron chi connectivity index (χ3n) is 8.60. The minimum atomic E-state index is -0.783. The van der Waals surface area contributed by atoms with Crippen LogP contribution in [0.5, 0.6) is 0 Å². The molecule has 2 aromatic rings. The zero-order chi connectivity index (χ0) is 34.1. The van der Waals surface area contributed by atoms with Crippen LogP contribution in [0.3, 0.4) is 0 Å². The number of hydrogen-bond acceptors (Lipinski definition) is 7. The molecule has 2 atom stereocenters. The Morgan fingerprint density at radius 2 is 1.55 bits per heavy atom. The normalized spacial score (nSPS) is 17.0. The molecular weight excluding hydrogens is 602 g/mol. The first-order valence-electron chi connectivity index (χ1n) is 16.6. The van der Waals surface area contributed by atoms with Gasteiger partial charge in [-0.25, -0.2) is 4.79 Å². The Labute approximate surface area is 276 Å². The monoisotopic (exact) mass is 651 g/mol. The number of carbonyl (C=O) groups is 5. The van der Waals surface area contributed by atoms with E-state index in [2.05, 4.69) is 21.0 Å². The molecule has 1 saturated carbocycles. The summed E-state index contributed by atoms with van der Waals surface area (Å²) in [7, 11) is 1.69. The van der Waals surface area contributed by atoms with E-state index >= 15 is 0 Å². The standard InChI is InChI=1S/C34H49N7O6/c1-6-28(42)37-26(32(45)40-18-20-41(21-19-40)33(46)47-34(2,3)4)22-23-12-14-25(15-13-23)36-31(44)29(24-10-8-7-9-11-24)38-30(43)27-16-17-35-39(27)5/h12-17,24,26,29H,6-11,18-22H2,1-5H3,(H,36,44)(H,37,42)(H,38,43). The molecule has 5 amide bonds. The molecule has 2 unspecified atom stereocenters. The number of ether oxygens (including phenoxy) is 1. The van der Waals surface area contributed by atoms with Crippen LogP contribution < -0.4 is 16.0 Å². The molecule has 2 fully saturated rings. The second-order valence-electron chi connectivity index (χ2n) is 13.3. The molecule has 1 aromatic heterocycles. The lowest BCUT2D eigenvalue weighted by atomic mass is 9.83. The Hall–Kier alpha value is -4.42. The van der Waals surface area contributed by atoms with E-state index in [0.717, 1.165) is 37.7 Å². The molecule has 0 bridgehead atoms. The summed E-state index contributed by atoms with van der Waals surface area (Å²) in [6.45, 7) is 8.51. The van der Waals surface area contributed by atoms with Gasteiger partial charge in [-0.3, -0.25) is 23.9 Å². The highest BCUT2D eigenvalue weighted by molar-refractivity contribution is 6.00. The highest BCUT2D eigenvalue weighted by Crippen LogP contribution is 2.28. The van der Waals surface area contributed by atoms with E-state index in [-0.39, 0.29) is 42.4 Å². The summed E-state index contributed by atoms with van der Waals surface area (Å²) in [5.41, 5.74) is 1.14. The van der Waals surface area contributed by atoms with E-state index in [0.29, 0.717) is 37.6 Å². The van der Waals surface area contributed by atoms with E-state index in [1.807, 2.05) is 32.9 Å². The van der Waals surface area contributed by atoms with E-state index in [1.54, 1.807) is 48.2 Å². The van der Waals surface area contributed by atoms with Crippen molar-refractivity contribution in [2.45, 2.75) is 90.3 Å². The summed E-state index contributed by atoms with van der Waals surface area (Å²) < 4.78 is 6.94. The summed E-state index contributed by atoms with van der Waals surface area (Å²) in [5, 5.41) is 12.8. The van der Waals surface area contributed by atoms with Crippen molar-refractivity contribution in [1.29, 1.82) is 0 Å². The summed E-state index contributed by atoms with van der Waals surface area (Å²) in [6.07, 6.45) is 6.49. The number of aromatic nitrogens is 2. The van der Waals surface area contributed by atoms with Crippen molar-refractivity contribution in [3.05, 3.63) is 47.8 Å². The molecule has 256 valence electrons. The lowest BCUT2D eigenvalue weighted by molar-refractivity contribution is -0.137. The Kier molecular flexibility index (Phi) is 12.0. The van der Waals surface area contributed by atoms with Crippen molar-refractivity contribution >= 4 is 35.4 Å². The number of piperazine rings is 1. The fourth-order valence-corrected chi connectivity index (χ4v) is 6.01. The highest BCUT2D eigenvalue weighted by Gasteiger charge is 2.33. The quantitative estimate of drug-likeness (QED) is 0.356. The number of anilines is 1. The Balaban J connectivity index is 1.39. The third kappa shape index (κ3) is 10.0. The van der Waals surface area contributed by atoms with Crippen molar-refractivity contribution in [3.8, 4) is 0 Å². The molecular formula is C34H49N7O6. The van der Waals surface area contributed by atoms with Gasteiger partial charge in [0.1, 0.15) is 23.4 Å². The number of hydrogen-bond donors (Lipinski definition) is 3. The van der Waals surface area contributed by atoms with Gasteiger partial charge in [-0.15, -0.1) is 0 Å². The van der Waals surface area contributed by atoms with Gasteiger partial charge in [-0.1, -0.05) is 38.3 Å². The molecule has 4 rings (SSSR count). The summed E-state index contributed by atoms with van der Waals surface area (Å²) >= 11 is 0. The van der Waals surface area contributed by atoms with Crippen LogP contribution >= 0.6 is 0 Å². The van der Waals surface area contributed by atoms with Gasteiger partial charge in [-0.05, 0) is 63.3 Å². The number of carbonyl (C=O) groups excluding carboxylic acids is 5. The fourth-order valence-electron chi connectivity index (χ4n) is 6.01. The molecule has 47 heavy (non-hydrogen) atoms. The number of benzene rings is 1. The minimum absolute atomic E-state index is 0.0279. The predicted octanol–water partition coefficient (Wildman–Crippen LogP) is 3.25. The van der Waals surface area contributed by atoms with Gasteiger partial charge in [-0.2, -0.15) is 5.10 Å². The van der Waals surface area contributed by atoms with Crippen LogP contribution in [-0.4, -0.2) is 93.2 Å². The minimum Gasteiger partial charge on any atom is -0.444 e. The van der Waals surface area contributed by atoms with Crippen LogP contribution in [0.4, 0.5) is 10.5 Å². The lowest BCUT2D eigenvalue weighted by Crippen LogP contribution is -2.56. The van der Waals surface area contributed by atoms with Crippen molar-refractivity contribution in [3.63, 3.8) is 0 Å². The lowest BCUT2D eigenvalue weighted by Gasteiger charge is -2.37. The maximum absolute atomic E-state index is 13.6. The number of nitrogens with one attached hydrogen (secondary N) is 3. The van der Waals surface area contributed by atoms with Gasteiger partial charge in [0, 0.05) is 58.0 Å². The molecule has 0 radical (unpaired) electrons. The first-order valence-corrected chi connectivity index (χ1v) is 16.6. The van der Waals surface area contributed by atoms with Gasteiger partial charge in [0.15, 0.2) is 0 Å². The maximum atomic E-state index is 13.6. The predicted molar refractivity (Wildman–Crippen MR) is 176 cm³/mol. The molecule has 0 spiro atoms. The maximum Gasteiger partial charge on any atom is 0.410 e. The Morgan fingerprint density at radius 3 is 2.13 bits per heavy atom. The molecule has 2 heterocycles. The number of amides is 5. The first-order chi connectivity index (χ1) is 22.3. The van der Waals surface area contributed by atoms with Gasteiger partial charge < -0.3 is 30.5 Å². The molecule has 1 aromatic carbocycles. The number of rotatable bonds is 10. The van der Waals surface area contributed by atoms with Crippen LogP contribution in [0.1, 0.15) is 82.3 Å². The molecule has 1 aliphatic heterocycles. The van der Waals surface area contributed by atoms with Gasteiger partial charge in [0.2, 0.25) is 17.7 Å². The molecule has 13 nitrogen and oxygen atoms in total. The van der Waals surface area contributed by atoms with E-state index in [1.165, 1.54) is 4.68 Å². The van der Waals surface area contributed by atoms with E-state index in [9.17, 15) is 24.0 Å². The second kappa shape index (κ2) is 15.9. The van der Waals surface area contributed by atoms with Gasteiger partial charge in [0.05, 0.1) is 0 Å². The number of nitrogens with zero attached hydrogens (tertiary/aromatic N) is 4. The molecule has 1 aliphatic carbocycles. The highest BCUT2D eigenvalue weighted by atomic mass is 16.6. The zero-order valence-corrected chi connectivity index (χ0v) is 28.2. The average molecular weight is 652 g/mol. The van der Waals surface area contributed by atoms with Gasteiger partial charge >= 0.3 is 6.09 Å². The van der Waals surface area contributed by atoms with E-state index in [4.69, 9.17) is 4.74 Å². The Morgan fingerprint density at radius 1 is 0.915 bits per heavy atom. The molecule has 2 aliphatic rings. The van der Waals surface area contributed by atoms with E-state index < -0.39 is 23.8 Å². The van der Waals surface area contributed by atoms with Gasteiger partial charge in [0.25, 0.3) is 5.91 Å². The zero-order valence-electron chi connectivity index (χ0n) is 28.2. The fraction of sp³-hybridized carbons (Fsp3) is 0.588. The largest absolute Gasteiger partial charge is 0.444 e. The second-order valence-corrected chi connectivity index (χ2v) is 13.3. The summed E-state index contributed by atoms with van der Waals surface area (Å²) in [6, 6.07) is 7.30. The third-order valence-corrected chi connectivity index (χ3v) is 8.60. The SMILES string of the molecule is CCC(=O)NC(Cc1ccc(NC(=O)C(NC(=O)c2ccnn2C)C2CCCCC2)cc1)C(=O)N1CCN(C(=O)OC(C)(C)C)CC1. The van der Waals surface area contributed by atoms with Crippen molar-refractivity contribution < 1.29 is 28.7 Å². The molecule has 3 N–H and O–H groups in total. The molecule has 13 heteroatoms. The topological polar surface area (TPSA) is 155 Å². The van der Waals surface area contributed by atoms with Crippen molar-refractivity contribution in [1.82, 2.24) is 30.2 Å². The molecule has 1 saturated heterocycles.